The largest absolute Gasteiger partial charge is 0.394 e. The summed E-state index contributed by atoms with van der Waals surface area (Å²) in [4.78, 5) is 0. The molecule has 19 atom stereocenters. The van der Waals surface area contributed by atoms with Crippen LogP contribution < -0.4 is 0 Å². The molecule has 2 saturated heterocycles. The first-order chi connectivity index (χ1) is 25.3. The van der Waals surface area contributed by atoms with E-state index < -0.39 is 80.0 Å². The van der Waals surface area contributed by atoms with Gasteiger partial charge in [0, 0.05) is 0 Å². The molecule has 2 heterocycles. The van der Waals surface area contributed by atoms with Crippen LogP contribution in [0.15, 0.2) is 23.3 Å². The van der Waals surface area contributed by atoms with E-state index in [1.165, 1.54) is 11.1 Å². The van der Waals surface area contributed by atoms with E-state index in [1.807, 2.05) is 0 Å². The minimum Gasteiger partial charge on any atom is -0.394 e. The van der Waals surface area contributed by atoms with Crippen LogP contribution in [-0.4, -0.2) is 128 Å². The van der Waals surface area contributed by atoms with E-state index in [0.717, 1.165) is 44.9 Å². The fourth-order valence-corrected chi connectivity index (χ4v) is 12.9. The zero-order valence-corrected chi connectivity index (χ0v) is 33.7. The Balaban J connectivity index is 1.23. The SMILES string of the molecule is CC(C)=CC/C=C(\C)[C@@H]1CC[C@@]2(C)[C@H]1[C@H](O)C[C@H]1[C@]3(C)CC[C@@H](O[C@H]4O[C@@H](CO)[C@H](O)[C@@H](O)[C@@H]4O[C@@H]4O[C@H](CO)[C@@H](O)[C@H](O)[C@@H]4O)C(C)(C)[C@@H]3CC[C@]12C. The van der Waals surface area contributed by atoms with Crippen molar-refractivity contribution in [3.8, 4) is 0 Å². The molecule has 0 aromatic heterocycles. The molecule has 12 nitrogen and oxygen atoms in total. The minimum atomic E-state index is -1.74. The smallest absolute Gasteiger partial charge is 0.187 e. The first-order valence-corrected chi connectivity index (χ1v) is 20.5. The number of hydrogen-bond acceptors (Lipinski definition) is 12. The van der Waals surface area contributed by atoms with Gasteiger partial charge >= 0.3 is 0 Å². The predicted octanol–water partition coefficient (Wildman–Crippen LogP) is 2.95. The summed E-state index contributed by atoms with van der Waals surface area (Å²) in [6.07, 6.45) is -3.65. The molecule has 0 aromatic carbocycles. The number of allylic oxidation sites excluding steroid dienone is 4. The number of aliphatic hydroxyl groups is 8. The molecule has 0 spiro atoms. The van der Waals surface area contributed by atoms with Crippen molar-refractivity contribution in [1.29, 1.82) is 0 Å². The molecule has 0 amide bonds. The highest BCUT2D eigenvalue weighted by atomic mass is 16.8. The van der Waals surface area contributed by atoms with Gasteiger partial charge in [-0.15, -0.1) is 0 Å². The van der Waals surface area contributed by atoms with Crippen LogP contribution in [0, 0.1) is 45.3 Å². The van der Waals surface area contributed by atoms with Gasteiger partial charge in [0.15, 0.2) is 12.6 Å². The highest BCUT2D eigenvalue weighted by Crippen LogP contribution is 2.75. The fourth-order valence-electron chi connectivity index (χ4n) is 12.9. The summed E-state index contributed by atoms with van der Waals surface area (Å²) in [5.41, 5.74) is 2.29. The Labute approximate surface area is 321 Å². The van der Waals surface area contributed by atoms with Crippen LogP contribution in [0.2, 0.25) is 0 Å². The molecule has 2 aliphatic heterocycles. The van der Waals surface area contributed by atoms with E-state index in [2.05, 4.69) is 67.5 Å². The summed E-state index contributed by atoms with van der Waals surface area (Å²) >= 11 is 0. The van der Waals surface area contributed by atoms with Gasteiger partial charge in [-0.2, -0.15) is 0 Å². The van der Waals surface area contributed by atoms with Crippen molar-refractivity contribution in [3.63, 3.8) is 0 Å². The fraction of sp³-hybridized carbons (Fsp3) is 0.905. The van der Waals surface area contributed by atoms with Gasteiger partial charge in [0.1, 0.15) is 48.8 Å². The third kappa shape index (κ3) is 6.89. The average Bonchev–Trinajstić information content (AvgIpc) is 3.49. The molecule has 4 saturated carbocycles. The van der Waals surface area contributed by atoms with Gasteiger partial charge in [0.05, 0.1) is 25.4 Å². The second-order valence-corrected chi connectivity index (χ2v) is 19.4. The van der Waals surface area contributed by atoms with Crippen LogP contribution >= 0.6 is 0 Å². The molecule has 4 aliphatic carbocycles. The van der Waals surface area contributed by atoms with Gasteiger partial charge in [-0.3, -0.25) is 0 Å². The molecule has 0 bridgehead atoms. The molecular weight excluding hydrogens is 696 g/mol. The summed E-state index contributed by atoms with van der Waals surface area (Å²) < 4.78 is 24.4. The Morgan fingerprint density at radius 1 is 0.667 bits per heavy atom. The summed E-state index contributed by atoms with van der Waals surface area (Å²) in [5, 5.41) is 85.4. The van der Waals surface area contributed by atoms with E-state index in [-0.39, 0.29) is 40.3 Å². The Kier molecular flexibility index (Phi) is 12.3. The molecule has 0 radical (unpaired) electrons. The van der Waals surface area contributed by atoms with Crippen molar-refractivity contribution in [1.82, 2.24) is 0 Å². The maximum atomic E-state index is 12.1. The lowest BCUT2D eigenvalue weighted by Crippen LogP contribution is -2.67. The molecule has 12 heteroatoms. The van der Waals surface area contributed by atoms with Crippen molar-refractivity contribution in [3.05, 3.63) is 23.3 Å². The lowest BCUT2D eigenvalue weighted by Gasteiger charge is -2.70. The molecule has 6 fully saturated rings. The Morgan fingerprint density at radius 3 is 1.91 bits per heavy atom. The van der Waals surface area contributed by atoms with Crippen molar-refractivity contribution in [2.24, 2.45) is 45.3 Å². The van der Waals surface area contributed by atoms with Gasteiger partial charge in [0.25, 0.3) is 0 Å². The second-order valence-electron chi connectivity index (χ2n) is 19.4. The maximum absolute atomic E-state index is 12.1. The average molecular weight is 767 g/mol. The molecule has 0 unspecified atom stereocenters. The van der Waals surface area contributed by atoms with E-state index >= 15 is 0 Å². The van der Waals surface area contributed by atoms with Crippen LogP contribution in [0.5, 0.6) is 0 Å². The van der Waals surface area contributed by atoms with Crippen molar-refractivity contribution in [2.75, 3.05) is 13.2 Å². The molecule has 54 heavy (non-hydrogen) atoms. The number of fused-ring (bicyclic) bond motifs is 5. The molecule has 310 valence electrons. The minimum absolute atomic E-state index is 0.00171. The lowest BCUT2D eigenvalue weighted by molar-refractivity contribution is -0.378. The monoisotopic (exact) mass is 766 g/mol. The Hall–Kier alpha value is -1.00. The Morgan fingerprint density at radius 2 is 1.28 bits per heavy atom. The standard InChI is InChI=1S/C42H70O12/c1-21(2)10-9-11-22(3)23-12-16-42(8)30(23)24(45)18-28-40(6)15-14-29(39(4,5)27(40)13-17-41(28,42)7)53-38-36(34(49)32(47)26(20-44)52-38)54-37-35(50)33(48)31(46)25(19-43)51-37/h10-11,23-38,43-50H,9,12-20H2,1-8H3/b22-11+/t23-,24+,25+,26-,27-,28-,29+,30+,31+,32-,33-,34+,35-,36-,37-,38+,40+,41+,42-/m0/s1. The number of hydrogen-bond donors (Lipinski definition) is 8. The van der Waals surface area contributed by atoms with E-state index in [9.17, 15) is 40.9 Å². The first kappa shape index (κ1) is 42.6. The van der Waals surface area contributed by atoms with Gasteiger partial charge in [0.2, 0.25) is 0 Å². The highest BCUT2D eigenvalue weighted by molar-refractivity contribution is 5.23. The summed E-state index contributed by atoms with van der Waals surface area (Å²) in [6, 6.07) is 0. The normalized spacial score (nSPS) is 51.9. The molecule has 0 aromatic rings. The van der Waals surface area contributed by atoms with Crippen molar-refractivity contribution in [2.45, 2.75) is 180 Å². The van der Waals surface area contributed by atoms with Gasteiger partial charge in [-0.05, 0) is 117 Å². The highest BCUT2D eigenvalue weighted by Gasteiger charge is 2.70. The summed E-state index contributed by atoms with van der Waals surface area (Å²) in [5.74, 6) is 1.14. The van der Waals surface area contributed by atoms with Crippen molar-refractivity contribution < 1.29 is 59.8 Å². The van der Waals surface area contributed by atoms with Gasteiger partial charge in [-0.25, -0.2) is 0 Å². The quantitative estimate of drug-likeness (QED) is 0.126. The zero-order valence-electron chi connectivity index (χ0n) is 33.7. The zero-order chi connectivity index (χ0) is 39.7. The second kappa shape index (κ2) is 15.6. The molecule has 6 aliphatic rings. The molecular formula is C42H70O12. The molecule has 8 N–H and O–H groups in total. The first-order valence-electron chi connectivity index (χ1n) is 20.5. The van der Waals surface area contributed by atoms with Crippen LogP contribution in [0.3, 0.4) is 0 Å². The maximum Gasteiger partial charge on any atom is 0.187 e. The third-order valence-corrected chi connectivity index (χ3v) is 16.1. The van der Waals surface area contributed by atoms with Crippen LogP contribution in [0.1, 0.15) is 107 Å². The summed E-state index contributed by atoms with van der Waals surface area (Å²) in [7, 11) is 0. The van der Waals surface area contributed by atoms with Crippen LogP contribution in [0.4, 0.5) is 0 Å². The predicted molar refractivity (Wildman–Crippen MR) is 199 cm³/mol. The van der Waals surface area contributed by atoms with Gasteiger partial charge < -0.3 is 59.8 Å². The number of ether oxygens (including phenoxy) is 4. The van der Waals surface area contributed by atoms with Crippen molar-refractivity contribution >= 4 is 0 Å². The van der Waals surface area contributed by atoms with Crippen LogP contribution in [-0.2, 0) is 18.9 Å². The molecule has 6 rings (SSSR count). The summed E-state index contributed by atoms with van der Waals surface area (Å²) in [6.45, 7) is 17.1. The third-order valence-electron chi connectivity index (χ3n) is 16.1. The van der Waals surface area contributed by atoms with Crippen LogP contribution in [0.25, 0.3) is 0 Å². The Bertz CT molecular complexity index is 1380. The van der Waals surface area contributed by atoms with E-state index in [0.29, 0.717) is 18.3 Å². The van der Waals surface area contributed by atoms with E-state index in [4.69, 9.17) is 18.9 Å². The number of aliphatic hydroxyl groups excluding tert-OH is 8. The van der Waals surface area contributed by atoms with Gasteiger partial charge in [-0.1, -0.05) is 57.9 Å². The number of rotatable bonds is 9. The van der Waals surface area contributed by atoms with E-state index in [1.54, 1.807) is 0 Å². The lowest BCUT2D eigenvalue weighted by atomic mass is 9.35. The topological polar surface area (TPSA) is 199 Å².